The Hall–Kier alpha value is -2.27. The molecule has 2 rings (SSSR count). The van der Waals surface area contributed by atoms with Crippen molar-refractivity contribution in [2.45, 2.75) is 6.54 Å². The number of nitrogens with two attached hydrogens (primary N) is 1. The molecule has 0 atom stereocenters. The van der Waals surface area contributed by atoms with Crippen molar-refractivity contribution >= 4 is 11.6 Å². The Morgan fingerprint density at radius 3 is 2.63 bits per heavy atom. The van der Waals surface area contributed by atoms with Crippen LogP contribution in [0.1, 0.15) is 15.9 Å². The molecule has 0 aliphatic rings. The van der Waals surface area contributed by atoms with Crippen LogP contribution in [-0.4, -0.2) is 5.91 Å². The standard InChI is InChI=1S/C14H12F2N2O/c15-10-5-6-12(16)11(7-10)14(19)18-13-4-2-1-3-9(13)8-17/h1-7H,8,17H2,(H,18,19). The van der Waals surface area contributed by atoms with E-state index in [0.29, 0.717) is 11.3 Å². The van der Waals surface area contributed by atoms with Gasteiger partial charge in [-0.15, -0.1) is 0 Å². The number of carbonyl (C=O) groups is 1. The highest BCUT2D eigenvalue weighted by Crippen LogP contribution is 2.17. The van der Waals surface area contributed by atoms with Gasteiger partial charge in [0.2, 0.25) is 0 Å². The van der Waals surface area contributed by atoms with Gasteiger partial charge in [-0.2, -0.15) is 0 Å². The molecule has 3 nitrogen and oxygen atoms in total. The van der Waals surface area contributed by atoms with E-state index < -0.39 is 17.5 Å². The number of para-hydroxylation sites is 1. The first kappa shape index (κ1) is 13.2. The van der Waals surface area contributed by atoms with Crippen LogP contribution in [0.5, 0.6) is 0 Å². The average molecular weight is 262 g/mol. The molecule has 0 radical (unpaired) electrons. The van der Waals surface area contributed by atoms with Gasteiger partial charge in [-0.3, -0.25) is 4.79 Å². The molecule has 2 aromatic carbocycles. The monoisotopic (exact) mass is 262 g/mol. The molecular formula is C14H12F2N2O. The normalized spacial score (nSPS) is 10.3. The smallest absolute Gasteiger partial charge is 0.258 e. The Morgan fingerprint density at radius 1 is 1.16 bits per heavy atom. The van der Waals surface area contributed by atoms with Gasteiger partial charge in [-0.05, 0) is 29.8 Å². The summed E-state index contributed by atoms with van der Waals surface area (Å²) in [5, 5.41) is 2.52. The minimum atomic E-state index is -0.774. The van der Waals surface area contributed by atoms with Gasteiger partial charge in [0.25, 0.3) is 5.91 Å². The van der Waals surface area contributed by atoms with Gasteiger partial charge in [0.05, 0.1) is 5.56 Å². The summed E-state index contributed by atoms with van der Waals surface area (Å²) in [6, 6.07) is 9.63. The van der Waals surface area contributed by atoms with Gasteiger partial charge >= 0.3 is 0 Å². The van der Waals surface area contributed by atoms with Crippen LogP contribution in [-0.2, 0) is 6.54 Å². The van der Waals surface area contributed by atoms with Gasteiger partial charge < -0.3 is 11.1 Å². The van der Waals surface area contributed by atoms with Gasteiger partial charge in [0, 0.05) is 12.2 Å². The predicted octanol–water partition coefficient (Wildman–Crippen LogP) is 2.68. The van der Waals surface area contributed by atoms with Crippen molar-refractivity contribution in [1.82, 2.24) is 0 Å². The minimum Gasteiger partial charge on any atom is -0.326 e. The maximum atomic E-state index is 13.5. The lowest BCUT2D eigenvalue weighted by atomic mass is 10.1. The molecule has 0 saturated heterocycles. The van der Waals surface area contributed by atoms with E-state index in [9.17, 15) is 13.6 Å². The number of amides is 1. The van der Waals surface area contributed by atoms with Crippen molar-refractivity contribution < 1.29 is 13.6 Å². The number of hydrogen-bond acceptors (Lipinski definition) is 2. The molecule has 3 N–H and O–H groups in total. The Kier molecular flexibility index (Phi) is 3.87. The molecule has 0 unspecified atom stereocenters. The molecule has 1 amide bonds. The summed E-state index contributed by atoms with van der Waals surface area (Å²) >= 11 is 0. The Balaban J connectivity index is 2.28. The van der Waals surface area contributed by atoms with Crippen molar-refractivity contribution in [3.63, 3.8) is 0 Å². The molecule has 0 bridgehead atoms. The van der Waals surface area contributed by atoms with Crippen LogP contribution in [0.4, 0.5) is 14.5 Å². The highest BCUT2D eigenvalue weighted by atomic mass is 19.1. The summed E-state index contributed by atoms with van der Waals surface area (Å²) in [6.07, 6.45) is 0. The van der Waals surface area contributed by atoms with E-state index in [1.54, 1.807) is 24.3 Å². The number of halogens is 2. The number of nitrogens with one attached hydrogen (secondary N) is 1. The third-order valence-corrected chi connectivity index (χ3v) is 2.66. The Labute approximate surface area is 109 Å². The number of rotatable bonds is 3. The summed E-state index contributed by atoms with van der Waals surface area (Å²) in [6.45, 7) is 0.238. The Morgan fingerprint density at radius 2 is 1.89 bits per heavy atom. The molecule has 0 aliphatic carbocycles. The number of hydrogen-bond donors (Lipinski definition) is 2. The van der Waals surface area contributed by atoms with Crippen molar-refractivity contribution in [3.8, 4) is 0 Å². The molecular weight excluding hydrogens is 250 g/mol. The fraction of sp³-hybridized carbons (Fsp3) is 0.0714. The molecule has 0 saturated carbocycles. The maximum Gasteiger partial charge on any atom is 0.258 e. The third kappa shape index (κ3) is 2.95. The van der Waals surface area contributed by atoms with E-state index >= 15 is 0 Å². The van der Waals surface area contributed by atoms with Crippen LogP contribution < -0.4 is 11.1 Å². The second-order valence-corrected chi connectivity index (χ2v) is 3.94. The number of anilines is 1. The van der Waals surface area contributed by atoms with E-state index in [0.717, 1.165) is 18.2 Å². The van der Waals surface area contributed by atoms with Gasteiger partial charge in [0.15, 0.2) is 0 Å². The molecule has 2 aromatic rings. The lowest BCUT2D eigenvalue weighted by Crippen LogP contribution is -2.16. The van der Waals surface area contributed by atoms with E-state index in [1.165, 1.54) is 0 Å². The lowest BCUT2D eigenvalue weighted by molar-refractivity contribution is 0.102. The van der Waals surface area contributed by atoms with Gasteiger partial charge in [-0.25, -0.2) is 8.78 Å². The first-order chi connectivity index (χ1) is 9.11. The van der Waals surface area contributed by atoms with Crippen LogP contribution in [0, 0.1) is 11.6 Å². The zero-order valence-corrected chi connectivity index (χ0v) is 9.99. The first-order valence-electron chi connectivity index (χ1n) is 5.66. The molecule has 0 heterocycles. The van der Waals surface area contributed by atoms with Gasteiger partial charge in [0.1, 0.15) is 11.6 Å². The van der Waals surface area contributed by atoms with Crippen LogP contribution in [0.15, 0.2) is 42.5 Å². The fourth-order valence-electron chi connectivity index (χ4n) is 1.68. The summed E-state index contributed by atoms with van der Waals surface area (Å²) in [5.74, 6) is -2.15. The molecule has 98 valence electrons. The largest absolute Gasteiger partial charge is 0.326 e. The van der Waals surface area contributed by atoms with E-state index in [2.05, 4.69) is 5.32 Å². The average Bonchev–Trinajstić information content (AvgIpc) is 2.42. The minimum absolute atomic E-state index is 0.238. The zero-order chi connectivity index (χ0) is 13.8. The second kappa shape index (κ2) is 5.58. The number of benzene rings is 2. The van der Waals surface area contributed by atoms with Crippen molar-refractivity contribution in [3.05, 3.63) is 65.2 Å². The maximum absolute atomic E-state index is 13.5. The molecule has 19 heavy (non-hydrogen) atoms. The second-order valence-electron chi connectivity index (χ2n) is 3.94. The highest BCUT2D eigenvalue weighted by molar-refractivity contribution is 6.04. The Bertz CT molecular complexity index is 614. The van der Waals surface area contributed by atoms with E-state index in [4.69, 9.17) is 5.73 Å². The van der Waals surface area contributed by atoms with Crippen molar-refractivity contribution in [2.24, 2.45) is 5.73 Å². The van der Waals surface area contributed by atoms with Gasteiger partial charge in [-0.1, -0.05) is 18.2 Å². The molecule has 0 spiro atoms. The van der Waals surface area contributed by atoms with Crippen LogP contribution in [0.2, 0.25) is 0 Å². The lowest BCUT2D eigenvalue weighted by Gasteiger charge is -2.10. The highest BCUT2D eigenvalue weighted by Gasteiger charge is 2.14. The molecule has 5 heteroatoms. The SMILES string of the molecule is NCc1ccccc1NC(=O)c1cc(F)ccc1F. The number of carbonyl (C=O) groups excluding carboxylic acids is 1. The van der Waals surface area contributed by atoms with E-state index in [1.807, 2.05) is 0 Å². The summed E-state index contributed by atoms with van der Waals surface area (Å²) in [4.78, 5) is 11.9. The topological polar surface area (TPSA) is 55.1 Å². The predicted molar refractivity (Wildman–Crippen MR) is 68.6 cm³/mol. The van der Waals surface area contributed by atoms with Crippen LogP contribution >= 0.6 is 0 Å². The van der Waals surface area contributed by atoms with Crippen molar-refractivity contribution in [2.75, 3.05) is 5.32 Å². The fourth-order valence-corrected chi connectivity index (χ4v) is 1.68. The third-order valence-electron chi connectivity index (χ3n) is 2.66. The first-order valence-corrected chi connectivity index (χ1v) is 5.66. The van der Waals surface area contributed by atoms with Crippen LogP contribution in [0.25, 0.3) is 0 Å². The van der Waals surface area contributed by atoms with Crippen molar-refractivity contribution in [1.29, 1.82) is 0 Å². The van der Waals surface area contributed by atoms with Crippen LogP contribution in [0.3, 0.4) is 0 Å². The summed E-state index contributed by atoms with van der Waals surface area (Å²) in [7, 11) is 0. The summed E-state index contributed by atoms with van der Waals surface area (Å²) in [5.41, 5.74) is 6.39. The quantitative estimate of drug-likeness (QED) is 0.893. The molecule has 0 fully saturated rings. The zero-order valence-electron chi connectivity index (χ0n) is 9.99. The summed E-state index contributed by atoms with van der Waals surface area (Å²) < 4.78 is 26.5. The molecule has 0 aliphatic heterocycles. The van der Waals surface area contributed by atoms with E-state index in [-0.39, 0.29) is 12.1 Å². The molecule has 0 aromatic heterocycles.